The van der Waals surface area contributed by atoms with E-state index in [1.807, 2.05) is 19.1 Å². The van der Waals surface area contributed by atoms with Gasteiger partial charge in [-0.2, -0.15) is 0 Å². The molecule has 14 heavy (non-hydrogen) atoms. The van der Waals surface area contributed by atoms with Crippen LogP contribution in [-0.4, -0.2) is 12.2 Å². The molecule has 76 valence electrons. The summed E-state index contributed by atoms with van der Waals surface area (Å²) in [7, 11) is 1.59. The zero-order valence-electron chi connectivity index (χ0n) is 8.30. The number of hydrogen-bond donors (Lipinski definition) is 1. The van der Waals surface area contributed by atoms with Gasteiger partial charge < -0.3 is 9.84 Å². The maximum Gasteiger partial charge on any atom is 0.126 e. The van der Waals surface area contributed by atoms with Crippen LogP contribution in [0.4, 0.5) is 0 Å². The van der Waals surface area contributed by atoms with Gasteiger partial charge in [0.1, 0.15) is 5.75 Å². The Bertz CT molecular complexity index is 370. The van der Waals surface area contributed by atoms with Gasteiger partial charge in [-0.15, -0.1) is 0 Å². The molecule has 3 heteroatoms. The van der Waals surface area contributed by atoms with E-state index in [9.17, 15) is 5.11 Å². The molecule has 1 aromatic carbocycles. The van der Waals surface area contributed by atoms with Crippen LogP contribution in [0.2, 0.25) is 5.02 Å². The second kappa shape index (κ2) is 3.14. The Kier molecular flexibility index (Phi) is 2.20. The van der Waals surface area contributed by atoms with Gasteiger partial charge in [-0.3, -0.25) is 0 Å². The van der Waals surface area contributed by atoms with Crippen LogP contribution in [0, 0.1) is 6.92 Å². The average molecular weight is 213 g/mol. The van der Waals surface area contributed by atoms with E-state index in [0.29, 0.717) is 10.8 Å². The van der Waals surface area contributed by atoms with Crippen molar-refractivity contribution >= 4 is 11.6 Å². The predicted octanol–water partition coefficient (Wildman–Crippen LogP) is 2.64. The number of benzene rings is 1. The fourth-order valence-electron chi connectivity index (χ4n) is 1.63. The van der Waals surface area contributed by atoms with Crippen molar-refractivity contribution in [3.05, 3.63) is 28.3 Å². The highest BCUT2D eigenvalue weighted by molar-refractivity contribution is 6.32. The molecule has 1 saturated carbocycles. The normalized spacial score (nSPS) is 18.0. The van der Waals surface area contributed by atoms with E-state index < -0.39 is 5.60 Å². The molecule has 0 aromatic heterocycles. The Morgan fingerprint density at radius 3 is 2.57 bits per heavy atom. The van der Waals surface area contributed by atoms with Gasteiger partial charge >= 0.3 is 0 Å². The number of aliphatic hydroxyl groups is 1. The number of hydrogen-bond acceptors (Lipinski definition) is 2. The summed E-state index contributed by atoms with van der Waals surface area (Å²) >= 11 is 6.16. The molecule has 0 amide bonds. The summed E-state index contributed by atoms with van der Waals surface area (Å²) < 4.78 is 5.20. The van der Waals surface area contributed by atoms with Gasteiger partial charge in [0.15, 0.2) is 0 Å². The molecule has 0 bridgehead atoms. The van der Waals surface area contributed by atoms with E-state index >= 15 is 0 Å². The van der Waals surface area contributed by atoms with Gasteiger partial charge in [0, 0.05) is 5.56 Å². The van der Waals surface area contributed by atoms with Gasteiger partial charge in [-0.05, 0) is 31.4 Å². The molecule has 1 fully saturated rings. The van der Waals surface area contributed by atoms with Gasteiger partial charge in [0.25, 0.3) is 0 Å². The molecule has 2 rings (SSSR count). The van der Waals surface area contributed by atoms with Crippen molar-refractivity contribution in [1.82, 2.24) is 0 Å². The number of aryl methyl sites for hydroxylation is 1. The third kappa shape index (κ3) is 1.39. The summed E-state index contributed by atoms with van der Waals surface area (Å²) in [6.45, 7) is 1.93. The summed E-state index contributed by atoms with van der Waals surface area (Å²) in [4.78, 5) is 0. The highest BCUT2D eigenvalue weighted by atomic mass is 35.5. The SMILES string of the molecule is COc1ccc(C)c(Cl)c1C1(O)CC1. The van der Waals surface area contributed by atoms with Crippen molar-refractivity contribution in [2.24, 2.45) is 0 Å². The van der Waals surface area contributed by atoms with E-state index in [2.05, 4.69) is 0 Å². The first-order valence-electron chi connectivity index (χ1n) is 4.64. The zero-order valence-corrected chi connectivity index (χ0v) is 9.06. The second-order valence-electron chi connectivity index (χ2n) is 3.81. The Morgan fingerprint density at radius 1 is 1.43 bits per heavy atom. The van der Waals surface area contributed by atoms with Crippen molar-refractivity contribution in [3.63, 3.8) is 0 Å². The van der Waals surface area contributed by atoms with E-state index in [-0.39, 0.29) is 0 Å². The monoisotopic (exact) mass is 212 g/mol. The third-order valence-corrected chi connectivity index (χ3v) is 3.19. The second-order valence-corrected chi connectivity index (χ2v) is 4.18. The maximum absolute atomic E-state index is 10.1. The number of halogens is 1. The van der Waals surface area contributed by atoms with E-state index in [0.717, 1.165) is 24.0 Å². The first-order valence-corrected chi connectivity index (χ1v) is 5.02. The number of rotatable bonds is 2. The van der Waals surface area contributed by atoms with Crippen molar-refractivity contribution in [2.75, 3.05) is 7.11 Å². The van der Waals surface area contributed by atoms with Crippen molar-refractivity contribution in [3.8, 4) is 5.75 Å². The molecule has 1 aliphatic carbocycles. The van der Waals surface area contributed by atoms with Crippen molar-refractivity contribution in [2.45, 2.75) is 25.4 Å². The van der Waals surface area contributed by atoms with Crippen molar-refractivity contribution in [1.29, 1.82) is 0 Å². The quantitative estimate of drug-likeness (QED) is 0.817. The largest absolute Gasteiger partial charge is 0.496 e. The molecular formula is C11H13ClO2. The first kappa shape index (κ1) is 9.81. The summed E-state index contributed by atoms with van der Waals surface area (Å²) in [6, 6.07) is 3.75. The van der Waals surface area contributed by atoms with E-state index in [4.69, 9.17) is 16.3 Å². The van der Waals surface area contributed by atoms with Crippen LogP contribution in [0.3, 0.4) is 0 Å². The van der Waals surface area contributed by atoms with Crippen LogP contribution in [-0.2, 0) is 5.60 Å². The molecule has 0 atom stereocenters. The van der Waals surface area contributed by atoms with Crippen LogP contribution in [0.1, 0.15) is 24.0 Å². The summed E-state index contributed by atoms with van der Waals surface area (Å²) in [5.41, 5.74) is 0.985. The smallest absolute Gasteiger partial charge is 0.126 e. The van der Waals surface area contributed by atoms with Gasteiger partial charge in [-0.1, -0.05) is 17.7 Å². The van der Waals surface area contributed by atoms with E-state index in [1.54, 1.807) is 7.11 Å². The van der Waals surface area contributed by atoms with Gasteiger partial charge in [-0.25, -0.2) is 0 Å². The molecule has 0 spiro atoms. The van der Waals surface area contributed by atoms with Gasteiger partial charge in [0.05, 0.1) is 17.7 Å². The molecular weight excluding hydrogens is 200 g/mol. The topological polar surface area (TPSA) is 29.5 Å². The molecule has 0 unspecified atom stereocenters. The predicted molar refractivity (Wildman–Crippen MR) is 55.9 cm³/mol. The summed E-state index contributed by atoms with van der Waals surface area (Å²) in [5, 5.41) is 10.7. The van der Waals surface area contributed by atoms with Gasteiger partial charge in [0.2, 0.25) is 0 Å². The Hall–Kier alpha value is -0.730. The number of methoxy groups -OCH3 is 1. The minimum absolute atomic E-state index is 0.629. The lowest BCUT2D eigenvalue weighted by molar-refractivity contribution is 0.147. The lowest BCUT2D eigenvalue weighted by Crippen LogP contribution is -2.08. The minimum Gasteiger partial charge on any atom is -0.496 e. The molecule has 0 saturated heterocycles. The van der Waals surface area contributed by atoms with Crippen LogP contribution >= 0.6 is 11.6 Å². The third-order valence-electron chi connectivity index (χ3n) is 2.71. The minimum atomic E-state index is -0.742. The van der Waals surface area contributed by atoms with Crippen molar-refractivity contribution < 1.29 is 9.84 Å². The lowest BCUT2D eigenvalue weighted by atomic mass is 10.0. The van der Waals surface area contributed by atoms with Crippen LogP contribution in [0.15, 0.2) is 12.1 Å². The molecule has 1 N–H and O–H groups in total. The van der Waals surface area contributed by atoms with Crippen LogP contribution in [0.5, 0.6) is 5.75 Å². The highest BCUT2D eigenvalue weighted by Crippen LogP contribution is 2.52. The van der Waals surface area contributed by atoms with Crippen LogP contribution < -0.4 is 4.74 Å². The lowest BCUT2D eigenvalue weighted by Gasteiger charge is -2.16. The van der Waals surface area contributed by atoms with E-state index in [1.165, 1.54) is 0 Å². The Labute approximate surface area is 88.5 Å². The molecule has 2 nitrogen and oxygen atoms in total. The fourth-order valence-corrected chi connectivity index (χ4v) is 1.97. The molecule has 0 heterocycles. The standard InChI is InChI=1S/C11H13ClO2/c1-7-3-4-8(14-2)9(10(7)12)11(13)5-6-11/h3-4,13H,5-6H2,1-2H3. The summed E-state index contributed by atoms with van der Waals surface area (Å²) in [6.07, 6.45) is 1.54. The highest BCUT2D eigenvalue weighted by Gasteiger charge is 2.46. The zero-order chi connectivity index (χ0) is 10.3. The fraction of sp³-hybridized carbons (Fsp3) is 0.455. The molecule has 1 aliphatic rings. The molecule has 0 aliphatic heterocycles. The Morgan fingerprint density at radius 2 is 2.07 bits per heavy atom. The Balaban J connectivity index is 2.59. The number of ether oxygens (including phenoxy) is 1. The summed E-state index contributed by atoms with van der Waals surface area (Å²) in [5.74, 6) is 0.681. The maximum atomic E-state index is 10.1. The first-order chi connectivity index (χ1) is 6.58. The van der Waals surface area contributed by atoms with Crippen LogP contribution in [0.25, 0.3) is 0 Å². The average Bonchev–Trinajstić information content (AvgIpc) is 2.89. The molecule has 0 radical (unpaired) electrons. The molecule has 1 aromatic rings.